The van der Waals surface area contributed by atoms with Crippen LogP contribution in [0.25, 0.3) is 0 Å². The molecule has 6 nitrogen and oxygen atoms in total. The number of aryl methyl sites for hydroxylation is 3. The Balaban J connectivity index is 1.69. The van der Waals surface area contributed by atoms with Crippen LogP contribution in [0.5, 0.6) is 0 Å². The van der Waals surface area contributed by atoms with E-state index in [-0.39, 0.29) is 12.3 Å². The van der Waals surface area contributed by atoms with Gasteiger partial charge in [0.25, 0.3) is 0 Å². The van der Waals surface area contributed by atoms with Gasteiger partial charge in [0.2, 0.25) is 5.91 Å². The van der Waals surface area contributed by atoms with Crippen molar-refractivity contribution in [3.05, 3.63) is 34.3 Å². The van der Waals surface area contributed by atoms with E-state index in [1.165, 1.54) is 4.68 Å². The third-order valence-electron chi connectivity index (χ3n) is 3.31. The molecule has 0 bridgehead atoms. The second-order valence-electron chi connectivity index (χ2n) is 5.27. The molecule has 0 aliphatic rings. The number of hydrogen-bond acceptors (Lipinski definition) is 3. The molecular formula is C14H17BrF3N5O. The predicted molar refractivity (Wildman–Crippen MR) is 84.1 cm³/mol. The summed E-state index contributed by atoms with van der Waals surface area (Å²) in [5, 5.41) is 10.3. The van der Waals surface area contributed by atoms with Crippen LogP contribution in [-0.2, 0) is 24.1 Å². The van der Waals surface area contributed by atoms with Crippen molar-refractivity contribution >= 4 is 21.8 Å². The van der Waals surface area contributed by atoms with Gasteiger partial charge in [0.05, 0.1) is 10.7 Å². The average molecular weight is 408 g/mol. The van der Waals surface area contributed by atoms with Gasteiger partial charge in [0.15, 0.2) is 5.69 Å². The molecule has 0 saturated heterocycles. The number of alkyl halides is 3. The average Bonchev–Trinajstić information content (AvgIpc) is 3.07. The Bertz CT molecular complexity index is 695. The Hall–Kier alpha value is -1.84. The topological polar surface area (TPSA) is 64.7 Å². The van der Waals surface area contributed by atoms with Gasteiger partial charge in [-0.25, -0.2) is 0 Å². The van der Waals surface area contributed by atoms with Crippen LogP contribution in [0.15, 0.2) is 22.9 Å². The van der Waals surface area contributed by atoms with Gasteiger partial charge in [-0.1, -0.05) is 0 Å². The molecular weight excluding hydrogens is 391 g/mol. The molecule has 0 atom stereocenters. The van der Waals surface area contributed by atoms with E-state index in [0.29, 0.717) is 31.7 Å². The fraction of sp³-hybridized carbons (Fsp3) is 0.500. The Kier molecular flexibility index (Phi) is 6.03. The summed E-state index contributed by atoms with van der Waals surface area (Å²) in [7, 11) is 0. The lowest BCUT2D eigenvalue weighted by molar-refractivity contribution is -0.141. The standard InChI is InChI=1S/C14H17BrF3N5O/c1-10-7-12(14(16,17)18)21-23(10)5-2-4-19-13(24)3-6-22-9-11(15)8-20-22/h7-9H,2-6H2,1H3,(H,19,24). The van der Waals surface area contributed by atoms with Crippen molar-refractivity contribution in [2.75, 3.05) is 6.54 Å². The lowest BCUT2D eigenvalue weighted by atomic mass is 10.3. The van der Waals surface area contributed by atoms with E-state index in [0.717, 1.165) is 10.5 Å². The number of carbonyl (C=O) groups is 1. The fourth-order valence-electron chi connectivity index (χ4n) is 2.10. The monoisotopic (exact) mass is 407 g/mol. The van der Waals surface area contributed by atoms with Crippen molar-refractivity contribution in [2.45, 2.75) is 39.0 Å². The molecule has 0 unspecified atom stereocenters. The van der Waals surface area contributed by atoms with Crippen molar-refractivity contribution in [1.29, 1.82) is 0 Å². The van der Waals surface area contributed by atoms with E-state index in [4.69, 9.17) is 0 Å². The summed E-state index contributed by atoms with van der Waals surface area (Å²) in [4.78, 5) is 11.7. The van der Waals surface area contributed by atoms with Gasteiger partial charge >= 0.3 is 6.18 Å². The van der Waals surface area contributed by atoms with Gasteiger partial charge in [-0.3, -0.25) is 14.2 Å². The minimum atomic E-state index is -4.44. The summed E-state index contributed by atoms with van der Waals surface area (Å²) in [5.41, 5.74) is -0.452. The maximum Gasteiger partial charge on any atom is 0.435 e. The molecule has 0 aliphatic carbocycles. The predicted octanol–water partition coefficient (Wildman–Crippen LogP) is 2.77. The first kappa shape index (κ1) is 18.5. The number of halogens is 4. The molecule has 0 radical (unpaired) electrons. The summed E-state index contributed by atoms with van der Waals surface area (Å²) in [5.74, 6) is -0.130. The van der Waals surface area contributed by atoms with E-state index < -0.39 is 11.9 Å². The number of amides is 1. The summed E-state index contributed by atoms with van der Waals surface area (Å²) >= 11 is 3.27. The molecule has 2 aromatic heterocycles. The van der Waals surface area contributed by atoms with Gasteiger partial charge in [0, 0.05) is 37.9 Å². The van der Waals surface area contributed by atoms with Crippen LogP contribution in [-0.4, -0.2) is 32.0 Å². The Labute approximate surface area is 145 Å². The van der Waals surface area contributed by atoms with Gasteiger partial charge < -0.3 is 5.32 Å². The maximum atomic E-state index is 12.6. The lowest BCUT2D eigenvalue weighted by Gasteiger charge is -2.07. The van der Waals surface area contributed by atoms with E-state index >= 15 is 0 Å². The highest BCUT2D eigenvalue weighted by Crippen LogP contribution is 2.28. The number of nitrogens with one attached hydrogen (secondary N) is 1. The molecule has 0 aliphatic heterocycles. The highest BCUT2D eigenvalue weighted by Gasteiger charge is 2.34. The quantitative estimate of drug-likeness (QED) is 0.717. The first-order valence-electron chi connectivity index (χ1n) is 7.32. The van der Waals surface area contributed by atoms with Gasteiger partial charge in [0.1, 0.15) is 0 Å². The van der Waals surface area contributed by atoms with Crippen LogP contribution in [0, 0.1) is 6.92 Å². The Morgan fingerprint density at radius 1 is 1.38 bits per heavy atom. The summed E-state index contributed by atoms with van der Waals surface area (Å²) in [6, 6.07) is 1.01. The molecule has 2 rings (SSSR count). The molecule has 1 amide bonds. The van der Waals surface area contributed by atoms with Crippen molar-refractivity contribution in [3.63, 3.8) is 0 Å². The van der Waals surface area contributed by atoms with Crippen LogP contribution in [0.4, 0.5) is 13.2 Å². The van der Waals surface area contributed by atoms with Crippen molar-refractivity contribution in [2.24, 2.45) is 0 Å². The largest absolute Gasteiger partial charge is 0.435 e. The maximum absolute atomic E-state index is 12.6. The molecule has 0 saturated carbocycles. The normalized spacial score (nSPS) is 11.7. The highest BCUT2D eigenvalue weighted by molar-refractivity contribution is 9.10. The van der Waals surface area contributed by atoms with E-state index in [2.05, 4.69) is 31.4 Å². The van der Waals surface area contributed by atoms with Gasteiger partial charge in [-0.05, 0) is 35.3 Å². The Morgan fingerprint density at radius 3 is 2.71 bits per heavy atom. The van der Waals surface area contributed by atoms with Crippen LogP contribution < -0.4 is 5.32 Å². The molecule has 0 fully saturated rings. The highest BCUT2D eigenvalue weighted by atomic mass is 79.9. The van der Waals surface area contributed by atoms with Crippen molar-refractivity contribution < 1.29 is 18.0 Å². The number of aromatic nitrogens is 4. The zero-order valence-corrected chi connectivity index (χ0v) is 14.6. The zero-order valence-electron chi connectivity index (χ0n) is 13.0. The SMILES string of the molecule is Cc1cc(C(F)(F)F)nn1CCCNC(=O)CCn1cc(Br)cn1. The zero-order chi connectivity index (χ0) is 17.7. The molecule has 24 heavy (non-hydrogen) atoms. The first-order chi connectivity index (χ1) is 11.3. The van der Waals surface area contributed by atoms with Crippen molar-refractivity contribution in [3.8, 4) is 0 Å². The fourth-order valence-corrected chi connectivity index (χ4v) is 2.42. The van der Waals surface area contributed by atoms with Gasteiger partial charge in [-0.2, -0.15) is 23.4 Å². The number of hydrogen-bond donors (Lipinski definition) is 1. The smallest absolute Gasteiger partial charge is 0.356 e. The van der Waals surface area contributed by atoms with Gasteiger partial charge in [-0.15, -0.1) is 0 Å². The molecule has 2 heterocycles. The van der Waals surface area contributed by atoms with E-state index in [1.807, 2.05) is 0 Å². The number of carbonyl (C=O) groups excluding carboxylic acids is 1. The molecule has 0 aromatic carbocycles. The first-order valence-corrected chi connectivity index (χ1v) is 8.11. The minimum Gasteiger partial charge on any atom is -0.356 e. The third kappa shape index (κ3) is 5.36. The van der Waals surface area contributed by atoms with Crippen LogP contribution in [0.2, 0.25) is 0 Å². The lowest BCUT2D eigenvalue weighted by Crippen LogP contribution is -2.26. The van der Waals surface area contributed by atoms with Crippen LogP contribution >= 0.6 is 15.9 Å². The third-order valence-corrected chi connectivity index (χ3v) is 3.72. The summed E-state index contributed by atoms with van der Waals surface area (Å²) in [6.07, 6.45) is -0.247. The molecule has 0 spiro atoms. The molecule has 132 valence electrons. The second-order valence-corrected chi connectivity index (χ2v) is 6.18. The van der Waals surface area contributed by atoms with E-state index in [9.17, 15) is 18.0 Å². The summed E-state index contributed by atoms with van der Waals surface area (Å²) in [6.45, 7) is 2.73. The van der Waals surface area contributed by atoms with Crippen LogP contribution in [0.3, 0.4) is 0 Å². The minimum absolute atomic E-state index is 0.130. The number of nitrogens with zero attached hydrogens (tertiary/aromatic N) is 4. The van der Waals surface area contributed by atoms with Crippen LogP contribution in [0.1, 0.15) is 24.2 Å². The van der Waals surface area contributed by atoms with Crippen molar-refractivity contribution in [1.82, 2.24) is 24.9 Å². The Morgan fingerprint density at radius 2 is 2.12 bits per heavy atom. The second kappa shape index (κ2) is 7.82. The molecule has 2 aromatic rings. The molecule has 10 heteroatoms. The van der Waals surface area contributed by atoms with E-state index in [1.54, 1.807) is 24.0 Å². The number of rotatable bonds is 7. The molecule has 1 N–H and O–H groups in total. The summed E-state index contributed by atoms with van der Waals surface area (Å²) < 4.78 is 41.5.